The number of amides is 1. The van der Waals surface area contributed by atoms with E-state index in [4.69, 9.17) is 28.0 Å². The summed E-state index contributed by atoms with van der Waals surface area (Å²) in [6.07, 6.45) is 1.82. The quantitative estimate of drug-likeness (QED) is 0.636. The molecule has 0 radical (unpaired) electrons. The maximum atomic E-state index is 13.4. The van der Waals surface area contributed by atoms with Crippen LogP contribution < -0.4 is 0 Å². The lowest BCUT2D eigenvalue weighted by molar-refractivity contribution is 0.0449. The van der Waals surface area contributed by atoms with Crippen LogP contribution in [0.2, 0.25) is 10.0 Å². The van der Waals surface area contributed by atoms with Gasteiger partial charge < -0.3 is 9.74 Å². The molecule has 0 fully saturated rings. The van der Waals surface area contributed by atoms with E-state index in [0.717, 1.165) is 11.3 Å². The Labute approximate surface area is 166 Å². The lowest BCUT2D eigenvalue weighted by Gasteiger charge is -2.23. The van der Waals surface area contributed by atoms with Crippen LogP contribution in [0.3, 0.4) is 0 Å². The first-order valence-corrected chi connectivity index (χ1v) is 9.07. The Morgan fingerprint density at radius 1 is 1.30 bits per heavy atom. The van der Waals surface area contributed by atoms with Crippen molar-refractivity contribution in [3.8, 4) is 0 Å². The van der Waals surface area contributed by atoms with E-state index in [0.29, 0.717) is 29.6 Å². The van der Waals surface area contributed by atoms with Gasteiger partial charge >= 0.3 is 0 Å². The first kappa shape index (κ1) is 19.4. The van der Waals surface area contributed by atoms with Crippen LogP contribution >= 0.6 is 23.2 Å². The Kier molecular flexibility index (Phi) is 6.14. The predicted molar refractivity (Wildman–Crippen MR) is 105 cm³/mol. The van der Waals surface area contributed by atoms with Gasteiger partial charge in [0.05, 0.1) is 22.3 Å². The van der Waals surface area contributed by atoms with E-state index in [1.807, 2.05) is 6.07 Å². The third kappa shape index (κ3) is 4.67. The number of hydrogen-bond acceptors (Lipinski definition) is 3. The van der Waals surface area contributed by atoms with Crippen LogP contribution in [0.4, 0.5) is 4.39 Å². The molecule has 0 saturated carbocycles. The highest BCUT2D eigenvalue weighted by atomic mass is 35.5. The normalized spacial score (nSPS) is 15.8. The van der Waals surface area contributed by atoms with Gasteiger partial charge in [0.2, 0.25) is 0 Å². The summed E-state index contributed by atoms with van der Waals surface area (Å²) in [7, 11) is 0. The zero-order valence-corrected chi connectivity index (χ0v) is 15.9. The number of carbonyl (C=O) groups is 1. The molecular weight excluding hydrogens is 390 g/mol. The lowest BCUT2D eigenvalue weighted by atomic mass is 10.0. The smallest absolute Gasteiger partial charge is 0.254 e. The fourth-order valence-electron chi connectivity index (χ4n) is 2.82. The van der Waals surface area contributed by atoms with Gasteiger partial charge in [-0.2, -0.15) is 0 Å². The molecule has 0 aliphatic carbocycles. The molecule has 140 valence electrons. The highest BCUT2D eigenvalue weighted by Crippen LogP contribution is 2.26. The van der Waals surface area contributed by atoms with Crippen LogP contribution in [0.5, 0.6) is 0 Å². The SMILES string of the molecule is C=CCN(C[C@@H]1CC(c2ccc(Cl)c(Cl)c2)=NO1)C(=O)c1cccc(F)c1. The molecule has 1 heterocycles. The predicted octanol–water partition coefficient (Wildman–Crippen LogP) is 4.95. The first-order chi connectivity index (χ1) is 13.0. The van der Waals surface area contributed by atoms with Gasteiger partial charge in [-0.3, -0.25) is 4.79 Å². The highest BCUT2D eigenvalue weighted by molar-refractivity contribution is 6.42. The summed E-state index contributed by atoms with van der Waals surface area (Å²) in [5.74, 6) is -0.747. The standard InChI is InChI=1S/C20H17Cl2FN2O2/c1-2-8-25(20(26)14-4-3-5-15(23)9-14)12-16-11-19(24-27-16)13-6-7-17(21)18(22)10-13/h2-7,9-10,16H,1,8,11-12H2/t16-/m0/s1. The number of oxime groups is 1. The molecule has 1 aliphatic heterocycles. The van der Waals surface area contributed by atoms with E-state index < -0.39 is 5.82 Å². The summed E-state index contributed by atoms with van der Waals surface area (Å²) in [6, 6.07) is 10.8. The minimum Gasteiger partial charge on any atom is -0.390 e. The number of nitrogens with zero attached hydrogens (tertiary/aromatic N) is 2. The minimum atomic E-state index is -0.457. The van der Waals surface area contributed by atoms with E-state index >= 15 is 0 Å². The van der Waals surface area contributed by atoms with Gasteiger partial charge in [0.25, 0.3) is 5.91 Å². The molecule has 0 bridgehead atoms. The van der Waals surface area contributed by atoms with Crippen molar-refractivity contribution in [3.63, 3.8) is 0 Å². The molecule has 0 spiro atoms. The van der Waals surface area contributed by atoms with Gasteiger partial charge in [-0.05, 0) is 30.3 Å². The van der Waals surface area contributed by atoms with Crippen molar-refractivity contribution in [1.29, 1.82) is 0 Å². The third-order valence-electron chi connectivity index (χ3n) is 4.12. The van der Waals surface area contributed by atoms with Gasteiger partial charge in [0, 0.05) is 24.1 Å². The molecule has 0 aromatic heterocycles. The van der Waals surface area contributed by atoms with E-state index in [1.165, 1.54) is 18.2 Å². The van der Waals surface area contributed by atoms with Crippen LogP contribution in [0.1, 0.15) is 22.3 Å². The van der Waals surface area contributed by atoms with Gasteiger partial charge in [0.15, 0.2) is 6.10 Å². The summed E-state index contributed by atoms with van der Waals surface area (Å²) in [6.45, 7) is 4.30. The monoisotopic (exact) mass is 406 g/mol. The van der Waals surface area contributed by atoms with Crippen molar-refractivity contribution >= 4 is 34.8 Å². The Morgan fingerprint density at radius 2 is 2.11 bits per heavy atom. The zero-order valence-electron chi connectivity index (χ0n) is 14.4. The molecule has 27 heavy (non-hydrogen) atoms. The molecule has 1 aliphatic rings. The molecule has 0 N–H and O–H groups in total. The summed E-state index contributed by atoms with van der Waals surface area (Å²) >= 11 is 12.0. The maximum Gasteiger partial charge on any atom is 0.254 e. The number of rotatable bonds is 6. The number of halogens is 3. The van der Waals surface area contributed by atoms with Crippen LogP contribution in [0.25, 0.3) is 0 Å². The lowest BCUT2D eigenvalue weighted by Crippen LogP contribution is -2.37. The Balaban J connectivity index is 1.68. The van der Waals surface area contributed by atoms with Crippen molar-refractivity contribution in [2.45, 2.75) is 12.5 Å². The Hall–Kier alpha value is -2.37. The summed E-state index contributed by atoms with van der Waals surface area (Å²) in [5.41, 5.74) is 1.83. The molecule has 1 atom stereocenters. The van der Waals surface area contributed by atoms with Gasteiger partial charge in [0.1, 0.15) is 5.82 Å². The zero-order chi connectivity index (χ0) is 19.4. The molecule has 7 heteroatoms. The second kappa shape index (κ2) is 8.55. The maximum absolute atomic E-state index is 13.4. The van der Waals surface area contributed by atoms with Gasteiger partial charge in [-0.25, -0.2) is 4.39 Å². The van der Waals surface area contributed by atoms with Gasteiger partial charge in [-0.15, -0.1) is 6.58 Å². The summed E-state index contributed by atoms with van der Waals surface area (Å²) in [5, 5.41) is 5.02. The van der Waals surface area contributed by atoms with Crippen LogP contribution in [0, 0.1) is 5.82 Å². The first-order valence-electron chi connectivity index (χ1n) is 8.31. The van der Waals surface area contributed by atoms with Crippen LogP contribution in [0.15, 0.2) is 60.3 Å². The molecule has 2 aromatic carbocycles. The minimum absolute atomic E-state index is 0.278. The van der Waals surface area contributed by atoms with Crippen molar-refractivity contribution in [2.75, 3.05) is 13.1 Å². The van der Waals surface area contributed by atoms with Crippen molar-refractivity contribution < 1.29 is 14.0 Å². The molecule has 0 saturated heterocycles. The topological polar surface area (TPSA) is 41.9 Å². The molecule has 2 aromatic rings. The van der Waals surface area contributed by atoms with Crippen LogP contribution in [-0.2, 0) is 4.84 Å². The van der Waals surface area contributed by atoms with Crippen LogP contribution in [-0.4, -0.2) is 35.7 Å². The second-order valence-electron chi connectivity index (χ2n) is 6.11. The highest BCUT2D eigenvalue weighted by Gasteiger charge is 2.27. The molecule has 0 unspecified atom stereocenters. The van der Waals surface area contributed by atoms with E-state index in [9.17, 15) is 9.18 Å². The number of benzene rings is 2. The van der Waals surface area contributed by atoms with E-state index in [1.54, 1.807) is 29.2 Å². The number of carbonyl (C=O) groups excluding carboxylic acids is 1. The summed E-state index contributed by atoms with van der Waals surface area (Å²) in [4.78, 5) is 19.7. The van der Waals surface area contributed by atoms with E-state index in [2.05, 4.69) is 11.7 Å². The van der Waals surface area contributed by atoms with Crippen molar-refractivity contribution in [2.24, 2.45) is 5.16 Å². The van der Waals surface area contributed by atoms with E-state index in [-0.39, 0.29) is 17.6 Å². The molecule has 3 rings (SSSR count). The molecular formula is C20H17Cl2FN2O2. The largest absolute Gasteiger partial charge is 0.390 e. The molecule has 1 amide bonds. The Morgan fingerprint density at radius 3 is 2.81 bits per heavy atom. The fraction of sp³-hybridized carbons (Fsp3) is 0.200. The third-order valence-corrected chi connectivity index (χ3v) is 4.86. The number of hydrogen-bond donors (Lipinski definition) is 0. The average Bonchev–Trinajstić information content (AvgIpc) is 3.11. The van der Waals surface area contributed by atoms with Gasteiger partial charge in [-0.1, -0.05) is 46.6 Å². The average molecular weight is 407 g/mol. The second-order valence-corrected chi connectivity index (χ2v) is 6.92. The molecule has 4 nitrogen and oxygen atoms in total. The fourth-order valence-corrected chi connectivity index (χ4v) is 3.12. The van der Waals surface area contributed by atoms with Crippen molar-refractivity contribution in [1.82, 2.24) is 4.90 Å². The summed E-state index contributed by atoms with van der Waals surface area (Å²) < 4.78 is 13.4. The van der Waals surface area contributed by atoms with Crippen molar-refractivity contribution in [3.05, 3.63) is 82.1 Å². The Bertz CT molecular complexity index is 901.